The molecule has 0 radical (unpaired) electrons. The molecular formula is C34H30FN4O11PS2. The molecule has 0 aliphatic rings. The van der Waals surface area contributed by atoms with Crippen LogP contribution < -0.4 is 29.4 Å². The lowest BCUT2D eigenvalue weighted by atomic mass is 10.2. The van der Waals surface area contributed by atoms with E-state index in [9.17, 15) is 42.1 Å². The number of thiophene rings is 1. The van der Waals surface area contributed by atoms with Crippen LogP contribution in [0.5, 0.6) is 28.7 Å². The minimum Gasteiger partial charge on any atom is -0.508 e. The van der Waals surface area contributed by atoms with Crippen LogP contribution in [0.2, 0.25) is 0 Å². The van der Waals surface area contributed by atoms with Gasteiger partial charge in [0.2, 0.25) is 0 Å². The summed E-state index contributed by atoms with van der Waals surface area (Å²) in [6, 6.07) is 20.1. The quantitative estimate of drug-likeness (QED) is 0.0602. The van der Waals surface area contributed by atoms with Crippen molar-refractivity contribution in [3.05, 3.63) is 107 Å². The average Bonchev–Trinajstić information content (AvgIpc) is 3.55. The molecule has 6 N–H and O–H groups in total. The van der Waals surface area contributed by atoms with Crippen LogP contribution in [0, 0.1) is 17.1 Å². The average molecular weight is 785 g/mol. The number of sulfonamides is 1. The summed E-state index contributed by atoms with van der Waals surface area (Å²) in [4.78, 5) is 35.2. The van der Waals surface area contributed by atoms with E-state index in [1.165, 1.54) is 66.7 Å². The molecule has 0 spiro atoms. The third-order valence-corrected chi connectivity index (χ3v) is 11.4. The van der Waals surface area contributed by atoms with E-state index in [0.717, 1.165) is 29.5 Å². The number of phenols is 2. The van der Waals surface area contributed by atoms with Crippen molar-refractivity contribution in [1.29, 1.82) is 5.26 Å². The number of fused-ring (bicyclic) bond motifs is 1. The van der Waals surface area contributed by atoms with Crippen molar-refractivity contribution in [3.63, 3.8) is 0 Å². The van der Waals surface area contributed by atoms with Crippen LogP contribution in [-0.4, -0.2) is 67.9 Å². The van der Waals surface area contributed by atoms with Gasteiger partial charge in [0.25, 0.3) is 21.8 Å². The Morgan fingerprint density at radius 2 is 1.38 bits per heavy atom. The summed E-state index contributed by atoms with van der Waals surface area (Å²) in [7, 11) is -9.05. The number of nitrogens with zero attached hydrogens (tertiary/aromatic N) is 1. The first-order chi connectivity index (χ1) is 25.2. The lowest BCUT2D eigenvalue weighted by Crippen LogP contribution is -2.28. The first-order valence-electron chi connectivity index (χ1n) is 15.4. The van der Waals surface area contributed by atoms with Gasteiger partial charge in [-0.25, -0.2) is 17.4 Å². The Morgan fingerprint density at radius 3 is 1.91 bits per heavy atom. The van der Waals surface area contributed by atoms with E-state index in [2.05, 4.69) is 10.6 Å². The molecule has 1 unspecified atom stereocenters. The molecule has 1 atom stereocenters. The van der Waals surface area contributed by atoms with Gasteiger partial charge in [-0.15, -0.1) is 11.3 Å². The van der Waals surface area contributed by atoms with Gasteiger partial charge < -0.3 is 39.7 Å². The Morgan fingerprint density at radius 1 is 0.830 bits per heavy atom. The van der Waals surface area contributed by atoms with E-state index < -0.39 is 41.5 Å². The molecule has 0 aliphatic carbocycles. The molecule has 1 heterocycles. The summed E-state index contributed by atoms with van der Waals surface area (Å²) in [5.41, 5.74) is 0.318. The van der Waals surface area contributed by atoms with Crippen LogP contribution in [0.4, 0.5) is 4.39 Å². The van der Waals surface area contributed by atoms with Crippen LogP contribution in [0.1, 0.15) is 26.3 Å². The topological polar surface area (TPSA) is 234 Å². The number of carbonyl (C=O) groups is 2. The summed E-state index contributed by atoms with van der Waals surface area (Å²) in [5, 5.41) is 33.5. The van der Waals surface area contributed by atoms with Crippen molar-refractivity contribution in [3.8, 4) is 34.8 Å². The number of aromatic hydroxyl groups is 2. The van der Waals surface area contributed by atoms with Crippen molar-refractivity contribution in [2.75, 3.05) is 32.6 Å². The van der Waals surface area contributed by atoms with Gasteiger partial charge in [0.15, 0.2) is 11.5 Å². The second-order valence-electron chi connectivity index (χ2n) is 11.0. The first kappa shape index (κ1) is 38.5. The molecule has 5 aromatic rings. The fourth-order valence-corrected chi connectivity index (χ4v) is 8.49. The van der Waals surface area contributed by atoms with E-state index in [-0.39, 0.29) is 64.8 Å². The predicted octanol–water partition coefficient (Wildman–Crippen LogP) is 4.44. The van der Waals surface area contributed by atoms with Gasteiger partial charge in [-0.1, -0.05) is 0 Å². The van der Waals surface area contributed by atoms with Crippen molar-refractivity contribution < 1.29 is 56.1 Å². The second-order valence-corrected chi connectivity index (χ2v) is 15.8. The van der Waals surface area contributed by atoms with Gasteiger partial charge in [-0.05, 0) is 78.2 Å². The summed E-state index contributed by atoms with van der Waals surface area (Å²) in [6.07, 6.45) is -1.06. The summed E-state index contributed by atoms with van der Waals surface area (Å²) >= 11 is 0.818. The minimum absolute atomic E-state index is 0.00723. The SMILES string of the molecule is N#Cc1ccc(OP(=O)(O)CNS(=O)(=O)c2cc3cc(OCCNC(=O)c4ccc(O)cc4)c(OCCNC(=O)c4ccc(O)cc4)cc3s2)cc1F. The smallest absolute Gasteiger partial charge is 0.391 e. The van der Waals surface area contributed by atoms with Gasteiger partial charge in [0.1, 0.15) is 52.8 Å². The third kappa shape index (κ3) is 10.4. The number of amides is 2. The molecule has 0 saturated carbocycles. The molecule has 15 nitrogen and oxygen atoms in total. The zero-order chi connectivity index (χ0) is 38.2. The maximum atomic E-state index is 13.9. The van der Waals surface area contributed by atoms with Crippen molar-refractivity contribution in [2.45, 2.75) is 4.21 Å². The minimum atomic E-state index is -4.67. The number of halogens is 1. The highest BCUT2D eigenvalue weighted by molar-refractivity contribution is 7.92. The van der Waals surface area contributed by atoms with Crippen LogP contribution in [0.25, 0.3) is 10.1 Å². The Hall–Kier alpha value is -5.70. The van der Waals surface area contributed by atoms with Crippen LogP contribution >= 0.6 is 18.9 Å². The Kier molecular flexibility index (Phi) is 12.2. The number of carbonyl (C=O) groups excluding carboxylic acids is 2. The van der Waals surface area contributed by atoms with E-state index in [0.29, 0.717) is 21.2 Å². The van der Waals surface area contributed by atoms with Gasteiger partial charge in [0, 0.05) is 28.0 Å². The highest BCUT2D eigenvalue weighted by Gasteiger charge is 2.27. The largest absolute Gasteiger partial charge is 0.508 e. The van der Waals surface area contributed by atoms with E-state index in [1.54, 1.807) is 6.07 Å². The monoisotopic (exact) mass is 784 g/mol. The molecule has 0 bridgehead atoms. The molecule has 2 amide bonds. The van der Waals surface area contributed by atoms with Crippen LogP contribution in [0.3, 0.4) is 0 Å². The van der Waals surface area contributed by atoms with Crippen molar-refractivity contribution in [1.82, 2.24) is 15.4 Å². The van der Waals surface area contributed by atoms with Crippen LogP contribution in [0.15, 0.2) is 89.1 Å². The van der Waals surface area contributed by atoms with E-state index in [1.807, 2.05) is 4.72 Å². The van der Waals surface area contributed by atoms with Gasteiger partial charge in [0.05, 0.1) is 18.7 Å². The Bertz CT molecular complexity index is 2230. The molecule has 53 heavy (non-hydrogen) atoms. The number of benzene rings is 4. The summed E-state index contributed by atoms with van der Waals surface area (Å²) < 4.78 is 71.8. The fourth-order valence-electron chi connectivity index (χ4n) is 4.54. The van der Waals surface area contributed by atoms with Gasteiger partial charge in [-0.3, -0.25) is 9.59 Å². The van der Waals surface area contributed by atoms with Crippen LogP contribution in [-0.2, 0) is 14.6 Å². The number of phenolic OH excluding ortho intramolecular Hbond substituents is 2. The maximum Gasteiger partial charge on any atom is 0.391 e. The normalized spacial score (nSPS) is 12.3. The lowest BCUT2D eigenvalue weighted by Gasteiger charge is -2.14. The molecule has 276 valence electrons. The fraction of sp³-hybridized carbons (Fsp3) is 0.147. The molecule has 19 heteroatoms. The van der Waals surface area contributed by atoms with Gasteiger partial charge >= 0.3 is 7.60 Å². The number of nitrogens with one attached hydrogen (secondary N) is 3. The molecule has 1 aromatic heterocycles. The molecule has 4 aromatic carbocycles. The molecule has 0 saturated heterocycles. The number of nitriles is 1. The highest BCUT2D eigenvalue weighted by atomic mass is 32.2. The highest BCUT2D eigenvalue weighted by Crippen LogP contribution is 2.43. The van der Waals surface area contributed by atoms with E-state index >= 15 is 0 Å². The summed E-state index contributed by atoms with van der Waals surface area (Å²) in [6.45, 7) is 0.0586. The number of hydrogen-bond acceptors (Lipinski definition) is 12. The zero-order valence-electron chi connectivity index (χ0n) is 27.3. The molecule has 5 rings (SSSR count). The predicted molar refractivity (Wildman–Crippen MR) is 190 cm³/mol. The van der Waals surface area contributed by atoms with Crippen molar-refractivity contribution >= 4 is 50.9 Å². The number of rotatable bonds is 16. The lowest BCUT2D eigenvalue weighted by molar-refractivity contribution is 0.0937. The number of hydrogen-bond donors (Lipinski definition) is 6. The molecular weight excluding hydrogens is 754 g/mol. The summed E-state index contributed by atoms with van der Waals surface area (Å²) in [5.74, 6) is -1.81. The van der Waals surface area contributed by atoms with Gasteiger partial charge in [-0.2, -0.15) is 9.98 Å². The second kappa shape index (κ2) is 16.8. The molecule has 0 aliphatic heterocycles. The zero-order valence-corrected chi connectivity index (χ0v) is 29.8. The first-order valence-corrected chi connectivity index (χ1v) is 19.5. The standard InChI is InChI=1S/C34H30FN4O11PS2/c35-28-17-27(10-5-23(28)19-36)50-51(44,45)20-39-53(46,47)32-16-24-15-29(48-13-11-37-33(42)21-1-6-25(40)7-2-21)30(18-31(24)52-32)49-14-12-38-34(43)22-3-8-26(41)9-4-22/h1-10,15-18,39-41H,11-14,20H2,(H,37,42)(H,38,43)(H,44,45). The third-order valence-electron chi connectivity index (χ3n) is 7.14. The maximum absolute atomic E-state index is 13.9. The van der Waals surface area contributed by atoms with E-state index in [4.69, 9.17) is 19.3 Å². The molecule has 0 fully saturated rings. The number of ether oxygens (including phenoxy) is 2. The Labute approximate surface area is 305 Å². The Balaban J connectivity index is 1.27. The van der Waals surface area contributed by atoms with Crippen molar-refractivity contribution in [2.24, 2.45) is 0 Å².